The highest BCUT2D eigenvalue weighted by Crippen LogP contribution is 2.42. The number of thioether (sulfide) groups is 1. The third kappa shape index (κ3) is 4.79. The Hall–Kier alpha value is -2.22. The highest BCUT2D eigenvalue weighted by atomic mass is 32.2. The SMILES string of the molecule is CNC(=S)OC[N+]1(Cc2cccnc2)C=NC(C(C)C)=C1Sc1ccccc1. The van der Waals surface area contributed by atoms with Gasteiger partial charge in [-0.15, -0.1) is 0 Å². The molecule has 1 aliphatic heterocycles. The Bertz CT molecular complexity index is 868. The van der Waals surface area contributed by atoms with Crippen LogP contribution in [0, 0.1) is 5.92 Å². The van der Waals surface area contributed by atoms with Gasteiger partial charge in [-0.25, -0.2) is 9.48 Å². The van der Waals surface area contributed by atoms with Gasteiger partial charge in [0.15, 0.2) is 6.34 Å². The third-order valence-corrected chi connectivity index (χ3v) is 5.96. The normalized spacial score (nSPS) is 18.6. The number of allylic oxidation sites excluding steroid dienone is 1. The van der Waals surface area contributed by atoms with E-state index in [0.717, 1.165) is 16.3 Å². The number of nitrogens with one attached hydrogen (secondary N) is 1. The Kier molecular flexibility index (Phi) is 6.83. The molecule has 0 saturated carbocycles. The van der Waals surface area contributed by atoms with Crippen LogP contribution in [0.5, 0.6) is 0 Å². The lowest BCUT2D eigenvalue weighted by Gasteiger charge is -2.32. The first-order chi connectivity index (χ1) is 13.5. The lowest BCUT2D eigenvalue weighted by Crippen LogP contribution is -2.45. The highest BCUT2D eigenvalue weighted by molar-refractivity contribution is 8.02. The van der Waals surface area contributed by atoms with Crippen LogP contribution in [0.1, 0.15) is 19.4 Å². The van der Waals surface area contributed by atoms with Crippen molar-refractivity contribution in [3.63, 3.8) is 0 Å². The number of ether oxygens (including phenoxy) is 1. The first-order valence-corrected chi connectivity index (χ1v) is 10.4. The molecule has 0 radical (unpaired) electrons. The molecule has 0 aliphatic carbocycles. The van der Waals surface area contributed by atoms with Gasteiger partial charge >= 0.3 is 0 Å². The summed E-state index contributed by atoms with van der Waals surface area (Å²) in [5, 5.41) is 4.42. The molecule has 5 nitrogen and oxygen atoms in total. The number of aliphatic imine (C=N–C) groups is 1. The van der Waals surface area contributed by atoms with Gasteiger partial charge in [0, 0.05) is 35.8 Å². The second-order valence-electron chi connectivity index (χ2n) is 6.87. The maximum absolute atomic E-state index is 5.88. The molecule has 1 aliphatic rings. The van der Waals surface area contributed by atoms with E-state index >= 15 is 0 Å². The summed E-state index contributed by atoms with van der Waals surface area (Å²) in [7, 11) is 1.76. The molecular weight excluding hydrogens is 388 g/mol. The number of pyridine rings is 1. The average molecular weight is 414 g/mol. The molecule has 2 heterocycles. The predicted octanol–water partition coefficient (Wildman–Crippen LogP) is 4.54. The Morgan fingerprint density at radius 3 is 2.64 bits per heavy atom. The molecule has 0 amide bonds. The van der Waals surface area contributed by atoms with Crippen LogP contribution in [0.15, 0.2) is 75.5 Å². The zero-order chi connectivity index (χ0) is 20.0. The van der Waals surface area contributed by atoms with E-state index in [1.54, 1.807) is 25.0 Å². The molecule has 2 aromatic rings. The smallest absolute Gasteiger partial charge is 0.260 e. The minimum absolute atomic E-state index is 0.299. The van der Waals surface area contributed by atoms with Gasteiger partial charge in [-0.1, -0.05) is 38.1 Å². The van der Waals surface area contributed by atoms with Crippen molar-refractivity contribution in [1.29, 1.82) is 0 Å². The molecular formula is C21H25N4OS2+. The van der Waals surface area contributed by atoms with Crippen LogP contribution in [0.4, 0.5) is 0 Å². The topological polar surface area (TPSA) is 46.5 Å². The molecule has 1 atom stereocenters. The van der Waals surface area contributed by atoms with Crippen LogP contribution in [0.3, 0.4) is 0 Å². The van der Waals surface area contributed by atoms with Gasteiger partial charge in [-0.3, -0.25) is 4.98 Å². The number of aromatic nitrogens is 1. The van der Waals surface area contributed by atoms with Crippen molar-refractivity contribution in [1.82, 2.24) is 10.3 Å². The molecule has 1 unspecified atom stereocenters. The second kappa shape index (κ2) is 9.32. The van der Waals surface area contributed by atoms with Crippen molar-refractivity contribution < 1.29 is 9.22 Å². The van der Waals surface area contributed by atoms with E-state index in [-0.39, 0.29) is 0 Å². The number of hydrogen-bond donors (Lipinski definition) is 1. The van der Waals surface area contributed by atoms with Crippen LogP contribution < -0.4 is 5.32 Å². The lowest BCUT2D eigenvalue weighted by molar-refractivity contribution is -0.819. The van der Waals surface area contributed by atoms with E-state index in [1.165, 1.54) is 4.90 Å². The minimum atomic E-state index is 0.299. The lowest BCUT2D eigenvalue weighted by atomic mass is 10.1. The number of quaternary nitrogens is 1. The first kappa shape index (κ1) is 20.5. The van der Waals surface area contributed by atoms with Crippen molar-refractivity contribution in [2.24, 2.45) is 10.9 Å². The van der Waals surface area contributed by atoms with Gasteiger partial charge in [-0.05, 0) is 42.2 Å². The predicted molar refractivity (Wildman–Crippen MR) is 118 cm³/mol. The van der Waals surface area contributed by atoms with E-state index in [2.05, 4.69) is 54.5 Å². The molecule has 1 aromatic heterocycles. The number of hydrogen-bond acceptors (Lipinski definition) is 5. The van der Waals surface area contributed by atoms with E-state index in [1.807, 2.05) is 24.7 Å². The summed E-state index contributed by atoms with van der Waals surface area (Å²) >= 11 is 6.97. The fourth-order valence-corrected chi connectivity index (χ4v) is 4.27. The fraction of sp³-hybridized carbons (Fsp3) is 0.286. The van der Waals surface area contributed by atoms with Gasteiger partial charge < -0.3 is 10.1 Å². The Labute approximate surface area is 176 Å². The summed E-state index contributed by atoms with van der Waals surface area (Å²) in [5.74, 6) is 0.299. The number of rotatable bonds is 7. The van der Waals surface area contributed by atoms with Gasteiger partial charge in [0.2, 0.25) is 11.8 Å². The monoisotopic (exact) mass is 413 g/mol. The molecule has 3 rings (SSSR count). The number of nitrogens with zero attached hydrogens (tertiary/aromatic N) is 3. The number of thiocarbonyl (C=S) groups is 1. The standard InChI is InChI=1S/C21H24N4OS2/c1-16(2)19-20(28-18-9-5-4-6-10-18)25(14-24-19,15-26-21(27)22-3)13-17-8-7-11-23-12-17/h4-12,14,16H,13,15H2,1-3H3/p+1. The van der Waals surface area contributed by atoms with E-state index in [4.69, 9.17) is 21.9 Å². The Morgan fingerprint density at radius 1 is 1.21 bits per heavy atom. The molecule has 1 aromatic carbocycles. The molecule has 1 N–H and O–H groups in total. The number of benzene rings is 1. The largest absolute Gasteiger partial charge is 0.419 e. The van der Waals surface area contributed by atoms with Crippen LogP contribution in [-0.4, -0.2) is 34.8 Å². The van der Waals surface area contributed by atoms with Crippen LogP contribution in [0.25, 0.3) is 0 Å². The molecule has 28 heavy (non-hydrogen) atoms. The van der Waals surface area contributed by atoms with E-state index in [9.17, 15) is 0 Å². The first-order valence-electron chi connectivity index (χ1n) is 9.17. The molecule has 0 spiro atoms. The summed E-state index contributed by atoms with van der Waals surface area (Å²) < 4.78 is 6.33. The van der Waals surface area contributed by atoms with Crippen molar-refractivity contribution in [2.75, 3.05) is 13.8 Å². The van der Waals surface area contributed by atoms with Crippen molar-refractivity contribution in [2.45, 2.75) is 25.3 Å². The quantitative estimate of drug-likeness (QED) is 0.533. The van der Waals surface area contributed by atoms with E-state index < -0.39 is 0 Å². The van der Waals surface area contributed by atoms with Crippen molar-refractivity contribution in [3.05, 3.63) is 71.1 Å². The molecule has 0 fully saturated rings. The minimum Gasteiger partial charge on any atom is -0.419 e. The van der Waals surface area contributed by atoms with Crippen LogP contribution in [0.2, 0.25) is 0 Å². The maximum atomic E-state index is 5.88. The van der Waals surface area contributed by atoms with Crippen molar-refractivity contribution in [3.8, 4) is 0 Å². The summed E-state index contributed by atoms with van der Waals surface area (Å²) in [6.07, 6.45) is 5.65. The Balaban J connectivity index is 2.01. The van der Waals surface area contributed by atoms with Gasteiger partial charge in [0.1, 0.15) is 12.2 Å². The third-order valence-electron chi connectivity index (χ3n) is 4.36. The summed E-state index contributed by atoms with van der Waals surface area (Å²) in [5.41, 5.74) is 2.20. The summed E-state index contributed by atoms with van der Waals surface area (Å²) in [6, 6.07) is 14.4. The maximum Gasteiger partial charge on any atom is 0.260 e. The molecule has 0 bridgehead atoms. The molecule has 7 heteroatoms. The average Bonchev–Trinajstić information content (AvgIpc) is 3.06. The molecule has 0 saturated heterocycles. The van der Waals surface area contributed by atoms with Gasteiger partial charge in [0.05, 0.1) is 0 Å². The van der Waals surface area contributed by atoms with Crippen LogP contribution >= 0.6 is 24.0 Å². The van der Waals surface area contributed by atoms with Crippen molar-refractivity contribution >= 4 is 35.5 Å². The molecule has 146 valence electrons. The highest BCUT2D eigenvalue weighted by Gasteiger charge is 2.41. The van der Waals surface area contributed by atoms with Crippen LogP contribution in [-0.2, 0) is 11.3 Å². The van der Waals surface area contributed by atoms with Gasteiger partial charge in [-0.2, -0.15) is 0 Å². The van der Waals surface area contributed by atoms with E-state index in [0.29, 0.717) is 28.9 Å². The zero-order valence-electron chi connectivity index (χ0n) is 16.3. The Morgan fingerprint density at radius 2 is 2.00 bits per heavy atom. The summed E-state index contributed by atoms with van der Waals surface area (Å²) in [6.45, 7) is 5.39. The second-order valence-corrected chi connectivity index (χ2v) is 8.30. The van der Waals surface area contributed by atoms with Gasteiger partial charge in [0.25, 0.3) is 5.17 Å². The zero-order valence-corrected chi connectivity index (χ0v) is 18.0. The fourth-order valence-electron chi connectivity index (χ4n) is 2.96. The summed E-state index contributed by atoms with van der Waals surface area (Å²) in [4.78, 5) is 10.3.